The Morgan fingerprint density at radius 1 is 1.18 bits per heavy atom. The van der Waals surface area contributed by atoms with Gasteiger partial charge < -0.3 is 5.32 Å². The van der Waals surface area contributed by atoms with Crippen molar-refractivity contribution in [1.82, 2.24) is 5.32 Å². The summed E-state index contributed by atoms with van der Waals surface area (Å²) in [6, 6.07) is 0. The molecule has 0 amide bonds. The zero-order chi connectivity index (χ0) is 7.57. The molecule has 0 aromatic carbocycles. The Morgan fingerprint density at radius 2 is 2.18 bits per heavy atom. The van der Waals surface area contributed by atoms with Gasteiger partial charge in [0.25, 0.3) is 0 Å². The lowest BCUT2D eigenvalue weighted by Gasteiger charge is -2.37. The zero-order valence-electron chi connectivity index (χ0n) is 6.84. The number of nitrogens with zero attached hydrogens (tertiary/aromatic N) is 2. The maximum Gasteiger partial charge on any atom is 0.0668 e. The summed E-state index contributed by atoms with van der Waals surface area (Å²) >= 11 is 0. The topological polar surface area (TPSA) is 36.8 Å². The number of hydrogen-bond donors (Lipinski definition) is 1. The van der Waals surface area contributed by atoms with Crippen LogP contribution in [0.2, 0.25) is 0 Å². The van der Waals surface area contributed by atoms with Crippen molar-refractivity contribution in [1.29, 1.82) is 0 Å². The van der Waals surface area contributed by atoms with Crippen molar-refractivity contribution in [2.75, 3.05) is 26.2 Å². The quantitative estimate of drug-likeness (QED) is 0.558. The fraction of sp³-hybridized carbons (Fsp3) is 1.00. The molecule has 3 nitrogen and oxygen atoms in total. The Bertz CT molecular complexity index is 159. The van der Waals surface area contributed by atoms with Crippen LogP contribution in [-0.2, 0) is 0 Å². The molecular formula is C8H15N3. The number of rotatable bonds is 0. The van der Waals surface area contributed by atoms with Gasteiger partial charge in [0.05, 0.1) is 13.1 Å². The van der Waals surface area contributed by atoms with Crippen LogP contribution >= 0.6 is 0 Å². The van der Waals surface area contributed by atoms with Crippen LogP contribution in [0.15, 0.2) is 10.2 Å². The fourth-order valence-corrected chi connectivity index (χ4v) is 2.02. The van der Waals surface area contributed by atoms with Crippen LogP contribution in [0.1, 0.15) is 19.3 Å². The molecular weight excluding hydrogens is 138 g/mol. The molecule has 1 atom stereocenters. The zero-order valence-corrected chi connectivity index (χ0v) is 6.84. The summed E-state index contributed by atoms with van der Waals surface area (Å²) in [5.74, 6) is 0. The molecule has 0 radical (unpaired) electrons. The lowest BCUT2D eigenvalue weighted by Crippen LogP contribution is -2.43. The predicted molar refractivity (Wildman–Crippen MR) is 43.7 cm³/mol. The van der Waals surface area contributed by atoms with Crippen molar-refractivity contribution in [2.24, 2.45) is 15.6 Å². The summed E-state index contributed by atoms with van der Waals surface area (Å²) in [6.45, 7) is 4.26. The SMILES string of the molecule is C1CNCC2(C1)CCN=NC2. The molecule has 1 N–H and O–H groups in total. The summed E-state index contributed by atoms with van der Waals surface area (Å²) in [6.07, 6.45) is 3.90. The smallest absolute Gasteiger partial charge is 0.0668 e. The minimum absolute atomic E-state index is 0.486. The summed E-state index contributed by atoms with van der Waals surface area (Å²) < 4.78 is 0. The van der Waals surface area contributed by atoms with Gasteiger partial charge in [-0.25, -0.2) is 0 Å². The number of piperidine rings is 1. The van der Waals surface area contributed by atoms with Gasteiger partial charge in [-0.1, -0.05) is 0 Å². The van der Waals surface area contributed by atoms with E-state index < -0.39 is 0 Å². The maximum absolute atomic E-state index is 4.14. The monoisotopic (exact) mass is 153 g/mol. The molecule has 2 aliphatic rings. The number of hydrogen-bond acceptors (Lipinski definition) is 3. The third-order valence-corrected chi connectivity index (χ3v) is 2.81. The molecule has 1 unspecified atom stereocenters. The Kier molecular flexibility index (Phi) is 1.90. The average molecular weight is 153 g/mol. The molecule has 0 saturated carbocycles. The van der Waals surface area contributed by atoms with Gasteiger partial charge in [-0.3, -0.25) is 0 Å². The first kappa shape index (κ1) is 7.22. The van der Waals surface area contributed by atoms with Crippen LogP contribution in [0.4, 0.5) is 0 Å². The molecule has 2 heterocycles. The molecule has 0 bridgehead atoms. The minimum Gasteiger partial charge on any atom is -0.316 e. The summed E-state index contributed by atoms with van der Waals surface area (Å²) in [7, 11) is 0. The lowest BCUT2D eigenvalue weighted by molar-refractivity contribution is 0.188. The van der Waals surface area contributed by atoms with Crippen molar-refractivity contribution >= 4 is 0 Å². The summed E-state index contributed by atoms with van der Waals surface area (Å²) in [5, 5.41) is 11.6. The second-order valence-corrected chi connectivity index (χ2v) is 3.69. The standard InChI is InChI=1S/C8H15N3/c1-2-8(6-9-4-1)3-5-10-11-7-8/h9H,1-7H2. The molecule has 0 aromatic rings. The van der Waals surface area contributed by atoms with Gasteiger partial charge in [-0.15, -0.1) is 0 Å². The molecule has 0 aliphatic carbocycles. The fourth-order valence-electron chi connectivity index (χ4n) is 2.02. The highest BCUT2D eigenvalue weighted by Crippen LogP contribution is 2.32. The summed E-state index contributed by atoms with van der Waals surface area (Å²) in [4.78, 5) is 0. The van der Waals surface area contributed by atoms with E-state index in [9.17, 15) is 0 Å². The van der Waals surface area contributed by atoms with Crippen molar-refractivity contribution < 1.29 is 0 Å². The van der Waals surface area contributed by atoms with Crippen molar-refractivity contribution in [3.05, 3.63) is 0 Å². The van der Waals surface area contributed by atoms with Gasteiger partial charge >= 0.3 is 0 Å². The molecule has 1 fully saturated rings. The third-order valence-electron chi connectivity index (χ3n) is 2.81. The summed E-state index contributed by atoms with van der Waals surface area (Å²) in [5.41, 5.74) is 0.486. The second-order valence-electron chi connectivity index (χ2n) is 3.69. The lowest BCUT2D eigenvalue weighted by atomic mass is 9.77. The molecule has 1 spiro atoms. The van der Waals surface area contributed by atoms with Gasteiger partial charge in [-0.05, 0) is 25.8 Å². The molecule has 1 saturated heterocycles. The Morgan fingerprint density at radius 3 is 2.82 bits per heavy atom. The van der Waals surface area contributed by atoms with Crippen molar-refractivity contribution in [3.8, 4) is 0 Å². The Hall–Kier alpha value is -0.440. The van der Waals surface area contributed by atoms with E-state index in [4.69, 9.17) is 0 Å². The number of nitrogens with one attached hydrogen (secondary N) is 1. The van der Waals surface area contributed by atoms with Crippen LogP contribution in [0, 0.1) is 5.41 Å². The highest BCUT2D eigenvalue weighted by Gasteiger charge is 2.32. The normalized spacial score (nSPS) is 37.8. The van der Waals surface area contributed by atoms with Crippen LogP contribution in [0.25, 0.3) is 0 Å². The van der Waals surface area contributed by atoms with Gasteiger partial charge in [0.2, 0.25) is 0 Å². The molecule has 62 valence electrons. The average Bonchev–Trinajstić information content (AvgIpc) is 2.07. The highest BCUT2D eigenvalue weighted by atomic mass is 15.1. The largest absolute Gasteiger partial charge is 0.316 e. The van der Waals surface area contributed by atoms with E-state index in [-0.39, 0.29) is 0 Å². The highest BCUT2D eigenvalue weighted by molar-refractivity contribution is 4.89. The maximum atomic E-state index is 4.14. The third kappa shape index (κ3) is 1.43. The van der Waals surface area contributed by atoms with Crippen LogP contribution < -0.4 is 5.32 Å². The van der Waals surface area contributed by atoms with E-state index in [2.05, 4.69) is 15.5 Å². The van der Waals surface area contributed by atoms with E-state index in [1.54, 1.807) is 0 Å². The van der Waals surface area contributed by atoms with Gasteiger partial charge in [0.1, 0.15) is 0 Å². The van der Waals surface area contributed by atoms with Gasteiger partial charge in [-0.2, -0.15) is 10.2 Å². The van der Waals surface area contributed by atoms with E-state index in [1.165, 1.54) is 25.8 Å². The van der Waals surface area contributed by atoms with Gasteiger partial charge in [0, 0.05) is 12.0 Å². The van der Waals surface area contributed by atoms with Crippen LogP contribution in [-0.4, -0.2) is 26.2 Å². The predicted octanol–water partition coefficient (Wildman–Crippen LogP) is 1.21. The van der Waals surface area contributed by atoms with Gasteiger partial charge in [0.15, 0.2) is 0 Å². The van der Waals surface area contributed by atoms with E-state index in [0.29, 0.717) is 5.41 Å². The van der Waals surface area contributed by atoms with E-state index >= 15 is 0 Å². The molecule has 2 aliphatic heterocycles. The first-order valence-corrected chi connectivity index (χ1v) is 4.45. The molecule has 3 heteroatoms. The van der Waals surface area contributed by atoms with E-state index in [0.717, 1.165) is 19.6 Å². The first-order chi connectivity index (χ1) is 5.41. The minimum atomic E-state index is 0.486. The van der Waals surface area contributed by atoms with Crippen LogP contribution in [0.3, 0.4) is 0 Å². The van der Waals surface area contributed by atoms with Crippen molar-refractivity contribution in [2.45, 2.75) is 19.3 Å². The van der Waals surface area contributed by atoms with E-state index in [1.807, 2.05) is 0 Å². The first-order valence-electron chi connectivity index (χ1n) is 4.45. The van der Waals surface area contributed by atoms with Crippen LogP contribution in [0.5, 0.6) is 0 Å². The molecule has 0 aromatic heterocycles. The second kappa shape index (κ2) is 2.89. The van der Waals surface area contributed by atoms with Crippen molar-refractivity contribution in [3.63, 3.8) is 0 Å². The molecule has 2 rings (SSSR count). The Labute approximate surface area is 67.3 Å². The number of azo groups is 1. The molecule has 11 heavy (non-hydrogen) atoms. The Balaban J connectivity index is 2.01.